The molecule has 0 radical (unpaired) electrons. The minimum atomic E-state index is -0.422. The van der Waals surface area contributed by atoms with Crippen LogP contribution in [-0.4, -0.2) is 35.3 Å². The molecule has 0 spiro atoms. The second-order valence-corrected chi connectivity index (χ2v) is 3.34. The van der Waals surface area contributed by atoms with Crippen LogP contribution in [0.5, 0.6) is 0 Å². The predicted molar refractivity (Wildman–Crippen MR) is 47.7 cm³/mol. The van der Waals surface area contributed by atoms with Gasteiger partial charge in [-0.3, -0.25) is 0 Å². The Morgan fingerprint density at radius 1 is 1.69 bits per heavy atom. The topological polar surface area (TPSA) is 49.8 Å². The molecule has 4 heteroatoms. The lowest BCUT2D eigenvalue weighted by Crippen LogP contribution is -2.39. The number of hydroxylamine groups is 2. The maximum atomic E-state index is 11.1. The van der Waals surface area contributed by atoms with Gasteiger partial charge in [0.15, 0.2) is 0 Å². The second kappa shape index (κ2) is 4.39. The summed E-state index contributed by atoms with van der Waals surface area (Å²) in [6, 6.07) is 0. The van der Waals surface area contributed by atoms with E-state index in [9.17, 15) is 9.90 Å². The summed E-state index contributed by atoms with van der Waals surface area (Å²) in [6.07, 6.45) is 1.25. The average Bonchev–Trinajstić information content (AvgIpc) is 2.04. The van der Waals surface area contributed by atoms with Crippen LogP contribution in [-0.2, 0) is 9.63 Å². The van der Waals surface area contributed by atoms with E-state index in [1.807, 2.05) is 0 Å². The number of β-amino-alcohol motifs (C(OH)–C–C–N with tert-alkyl or cyclic N) is 1. The van der Waals surface area contributed by atoms with Gasteiger partial charge in [-0.25, -0.2) is 4.79 Å². The van der Waals surface area contributed by atoms with Gasteiger partial charge in [-0.15, -0.1) is 5.06 Å². The van der Waals surface area contributed by atoms with Crippen molar-refractivity contribution >= 4 is 5.97 Å². The Hall–Kier alpha value is -0.870. The molecule has 1 rings (SSSR count). The van der Waals surface area contributed by atoms with E-state index >= 15 is 0 Å². The van der Waals surface area contributed by atoms with E-state index in [0.29, 0.717) is 18.7 Å². The van der Waals surface area contributed by atoms with Gasteiger partial charge in [0.1, 0.15) is 0 Å². The lowest BCUT2D eigenvalue weighted by molar-refractivity contribution is -0.197. The van der Waals surface area contributed by atoms with Crippen LogP contribution in [0.2, 0.25) is 0 Å². The first-order chi connectivity index (χ1) is 6.09. The monoisotopic (exact) mass is 185 g/mol. The van der Waals surface area contributed by atoms with E-state index in [2.05, 4.69) is 6.58 Å². The van der Waals surface area contributed by atoms with E-state index in [0.717, 1.165) is 12.8 Å². The van der Waals surface area contributed by atoms with Crippen LogP contribution in [0.25, 0.3) is 0 Å². The Kier molecular flexibility index (Phi) is 3.45. The zero-order valence-corrected chi connectivity index (χ0v) is 7.82. The van der Waals surface area contributed by atoms with E-state index in [4.69, 9.17) is 4.84 Å². The zero-order chi connectivity index (χ0) is 9.84. The first-order valence-electron chi connectivity index (χ1n) is 4.40. The molecule has 74 valence electrons. The number of piperidine rings is 1. The fourth-order valence-electron chi connectivity index (χ4n) is 1.20. The van der Waals surface area contributed by atoms with Crippen LogP contribution < -0.4 is 0 Å². The summed E-state index contributed by atoms with van der Waals surface area (Å²) in [6.45, 7) is 6.17. The third kappa shape index (κ3) is 3.16. The van der Waals surface area contributed by atoms with Crippen molar-refractivity contribution in [2.24, 2.45) is 0 Å². The van der Waals surface area contributed by atoms with E-state index in [-0.39, 0.29) is 6.10 Å². The molecule has 1 heterocycles. The lowest BCUT2D eigenvalue weighted by Gasteiger charge is -2.28. The van der Waals surface area contributed by atoms with Gasteiger partial charge in [0, 0.05) is 12.1 Å². The number of carbonyl (C=O) groups excluding carboxylic acids is 1. The van der Waals surface area contributed by atoms with Crippen molar-refractivity contribution in [1.29, 1.82) is 0 Å². The number of aliphatic hydroxyl groups is 1. The standard InChI is InChI=1S/C9H15NO3/c1-7(2)9(12)13-10-5-3-4-8(11)6-10/h8,11H,1,3-6H2,2H3. The number of aliphatic hydroxyl groups excluding tert-OH is 1. The molecule has 1 unspecified atom stereocenters. The highest BCUT2D eigenvalue weighted by atomic mass is 16.7. The molecule has 1 fully saturated rings. The number of hydrogen-bond donors (Lipinski definition) is 1. The highest BCUT2D eigenvalue weighted by Crippen LogP contribution is 2.10. The highest BCUT2D eigenvalue weighted by molar-refractivity contribution is 5.86. The van der Waals surface area contributed by atoms with Gasteiger partial charge in [-0.2, -0.15) is 0 Å². The van der Waals surface area contributed by atoms with Crippen molar-refractivity contribution in [3.05, 3.63) is 12.2 Å². The number of nitrogens with zero attached hydrogens (tertiary/aromatic N) is 1. The van der Waals surface area contributed by atoms with Crippen molar-refractivity contribution in [3.8, 4) is 0 Å². The number of rotatable bonds is 2. The Balaban J connectivity index is 2.36. The Bertz CT molecular complexity index is 215. The van der Waals surface area contributed by atoms with Crippen molar-refractivity contribution in [3.63, 3.8) is 0 Å². The van der Waals surface area contributed by atoms with E-state index < -0.39 is 5.97 Å². The average molecular weight is 185 g/mol. The normalized spacial score (nSPS) is 24.0. The zero-order valence-electron chi connectivity index (χ0n) is 7.82. The maximum Gasteiger partial charge on any atom is 0.352 e. The van der Waals surface area contributed by atoms with Crippen LogP contribution in [0.3, 0.4) is 0 Å². The molecule has 0 bridgehead atoms. The summed E-state index contributed by atoms with van der Waals surface area (Å²) in [5.74, 6) is -0.422. The summed E-state index contributed by atoms with van der Waals surface area (Å²) in [5, 5.41) is 10.8. The third-order valence-electron chi connectivity index (χ3n) is 1.92. The summed E-state index contributed by atoms with van der Waals surface area (Å²) in [4.78, 5) is 16.0. The molecule has 0 amide bonds. The molecule has 0 aromatic heterocycles. The second-order valence-electron chi connectivity index (χ2n) is 3.34. The highest BCUT2D eigenvalue weighted by Gasteiger charge is 2.20. The minimum Gasteiger partial charge on any atom is -0.392 e. The Morgan fingerprint density at radius 2 is 2.38 bits per heavy atom. The quantitative estimate of drug-likeness (QED) is 0.636. The maximum absolute atomic E-state index is 11.1. The smallest absolute Gasteiger partial charge is 0.352 e. The van der Waals surface area contributed by atoms with Crippen molar-refractivity contribution < 1.29 is 14.7 Å². The van der Waals surface area contributed by atoms with Crippen LogP contribution in [0.15, 0.2) is 12.2 Å². The number of carbonyl (C=O) groups is 1. The molecular weight excluding hydrogens is 170 g/mol. The molecule has 0 aliphatic carbocycles. The Morgan fingerprint density at radius 3 is 2.92 bits per heavy atom. The summed E-state index contributed by atoms with van der Waals surface area (Å²) >= 11 is 0. The minimum absolute atomic E-state index is 0.375. The summed E-state index contributed by atoms with van der Waals surface area (Å²) < 4.78 is 0. The van der Waals surface area contributed by atoms with Gasteiger partial charge in [-0.05, 0) is 19.8 Å². The van der Waals surface area contributed by atoms with Gasteiger partial charge in [0.2, 0.25) is 0 Å². The van der Waals surface area contributed by atoms with Crippen LogP contribution in [0.1, 0.15) is 19.8 Å². The molecule has 4 nitrogen and oxygen atoms in total. The van der Waals surface area contributed by atoms with E-state index in [1.54, 1.807) is 6.92 Å². The van der Waals surface area contributed by atoms with Crippen LogP contribution in [0.4, 0.5) is 0 Å². The molecule has 1 aliphatic heterocycles. The summed E-state index contributed by atoms with van der Waals surface area (Å²) in [5.41, 5.74) is 0.375. The fraction of sp³-hybridized carbons (Fsp3) is 0.667. The van der Waals surface area contributed by atoms with Crippen molar-refractivity contribution in [2.45, 2.75) is 25.9 Å². The molecule has 1 N–H and O–H groups in total. The predicted octanol–water partition coefficient (Wildman–Crippen LogP) is 0.477. The largest absolute Gasteiger partial charge is 0.392 e. The van der Waals surface area contributed by atoms with E-state index in [1.165, 1.54) is 5.06 Å². The molecule has 0 saturated carbocycles. The molecular formula is C9H15NO3. The van der Waals surface area contributed by atoms with Crippen molar-refractivity contribution in [2.75, 3.05) is 13.1 Å². The van der Waals surface area contributed by atoms with Crippen molar-refractivity contribution in [1.82, 2.24) is 5.06 Å². The number of hydrogen-bond acceptors (Lipinski definition) is 4. The summed E-state index contributed by atoms with van der Waals surface area (Å²) in [7, 11) is 0. The van der Waals surface area contributed by atoms with Gasteiger partial charge in [0.25, 0.3) is 0 Å². The molecule has 1 saturated heterocycles. The van der Waals surface area contributed by atoms with Crippen LogP contribution >= 0.6 is 0 Å². The molecule has 0 aromatic carbocycles. The van der Waals surface area contributed by atoms with Gasteiger partial charge in [-0.1, -0.05) is 6.58 Å². The van der Waals surface area contributed by atoms with Gasteiger partial charge < -0.3 is 9.94 Å². The Labute approximate surface area is 77.7 Å². The lowest BCUT2D eigenvalue weighted by atomic mass is 10.1. The van der Waals surface area contributed by atoms with Crippen LogP contribution in [0, 0.1) is 0 Å². The van der Waals surface area contributed by atoms with Gasteiger partial charge in [0.05, 0.1) is 12.6 Å². The first-order valence-corrected chi connectivity index (χ1v) is 4.40. The third-order valence-corrected chi connectivity index (χ3v) is 1.92. The fourth-order valence-corrected chi connectivity index (χ4v) is 1.20. The molecule has 1 atom stereocenters. The SMILES string of the molecule is C=C(C)C(=O)ON1CCCC(O)C1. The van der Waals surface area contributed by atoms with Gasteiger partial charge >= 0.3 is 5.97 Å². The molecule has 13 heavy (non-hydrogen) atoms. The first kappa shape index (κ1) is 10.2. The molecule has 0 aromatic rings. The molecule has 1 aliphatic rings.